The number of benzene rings is 1. The summed E-state index contributed by atoms with van der Waals surface area (Å²) in [7, 11) is 0. The molecular formula is C18H26BrNO2. The Morgan fingerprint density at radius 2 is 1.77 bits per heavy atom. The molecule has 1 aliphatic heterocycles. The summed E-state index contributed by atoms with van der Waals surface area (Å²) in [6, 6.07) is 4.36. The molecule has 22 heavy (non-hydrogen) atoms. The minimum atomic E-state index is 0.0228. The lowest BCUT2D eigenvalue weighted by atomic mass is 9.69. The standard InChI is InChI=1S/C18H26BrNO2/c1-17(2)11-21-15-9-13(8-14(19)16(15)22-12-17)18(10-20)6-4-3-5-7-18/h8-9H,3-7,10-12,20H2,1-2H3. The normalized spacial score (nSPS) is 22.9. The van der Waals surface area contributed by atoms with Gasteiger partial charge < -0.3 is 15.2 Å². The lowest BCUT2D eigenvalue weighted by Gasteiger charge is -2.37. The average molecular weight is 368 g/mol. The van der Waals surface area contributed by atoms with Crippen LogP contribution in [-0.4, -0.2) is 19.8 Å². The Balaban J connectivity index is 1.98. The van der Waals surface area contributed by atoms with Crippen LogP contribution >= 0.6 is 15.9 Å². The van der Waals surface area contributed by atoms with Crippen LogP contribution in [0.25, 0.3) is 0 Å². The molecule has 2 aliphatic rings. The number of ether oxygens (including phenoxy) is 2. The predicted octanol–water partition coefficient (Wildman–Crippen LogP) is 4.41. The van der Waals surface area contributed by atoms with E-state index in [1.165, 1.54) is 37.7 Å². The second-order valence-electron chi connectivity index (χ2n) is 7.57. The molecule has 3 rings (SSSR count). The topological polar surface area (TPSA) is 44.5 Å². The molecule has 0 aromatic heterocycles. The van der Waals surface area contributed by atoms with Gasteiger partial charge in [-0.2, -0.15) is 0 Å². The highest BCUT2D eigenvalue weighted by molar-refractivity contribution is 9.10. The van der Waals surface area contributed by atoms with Crippen LogP contribution in [0.1, 0.15) is 51.5 Å². The lowest BCUT2D eigenvalue weighted by Crippen LogP contribution is -2.37. The van der Waals surface area contributed by atoms with Crippen molar-refractivity contribution in [3.05, 3.63) is 22.2 Å². The van der Waals surface area contributed by atoms with E-state index in [0.717, 1.165) is 16.0 Å². The van der Waals surface area contributed by atoms with Gasteiger partial charge in [0.15, 0.2) is 11.5 Å². The molecule has 0 atom stereocenters. The maximum Gasteiger partial charge on any atom is 0.175 e. The van der Waals surface area contributed by atoms with Gasteiger partial charge in [0.05, 0.1) is 17.7 Å². The maximum absolute atomic E-state index is 6.18. The van der Waals surface area contributed by atoms with Crippen molar-refractivity contribution in [1.82, 2.24) is 0 Å². The molecule has 1 aromatic rings. The van der Waals surface area contributed by atoms with E-state index >= 15 is 0 Å². The average Bonchev–Trinajstić information content (AvgIpc) is 2.67. The van der Waals surface area contributed by atoms with Gasteiger partial charge in [-0.3, -0.25) is 0 Å². The van der Waals surface area contributed by atoms with Gasteiger partial charge in [-0.05, 0) is 46.5 Å². The highest BCUT2D eigenvalue weighted by Gasteiger charge is 2.35. The van der Waals surface area contributed by atoms with Crippen molar-refractivity contribution in [2.24, 2.45) is 11.1 Å². The van der Waals surface area contributed by atoms with Gasteiger partial charge in [0, 0.05) is 17.4 Å². The molecular weight excluding hydrogens is 342 g/mol. The number of hydrogen-bond acceptors (Lipinski definition) is 3. The zero-order valence-corrected chi connectivity index (χ0v) is 15.2. The highest BCUT2D eigenvalue weighted by Crippen LogP contribution is 2.46. The number of hydrogen-bond donors (Lipinski definition) is 1. The maximum atomic E-state index is 6.18. The first-order valence-corrected chi connectivity index (χ1v) is 9.05. The molecule has 2 N–H and O–H groups in total. The summed E-state index contributed by atoms with van der Waals surface area (Å²) in [5.41, 5.74) is 7.60. The molecule has 1 aromatic carbocycles. The second-order valence-corrected chi connectivity index (χ2v) is 8.43. The van der Waals surface area contributed by atoms with Crippen LogP contribution in [-0.2, 0) is 5.41 Å². The summed E-state index contributed by atoms with van der Waals surface area (Å²) >= 11 is 3.68. The molecule has 1 heterocycles. The SMILES string of the molecule is CC1(C)COc2cc(C3(CN)CCCCC3)cc(Br)c2OC1. The minimum absolute atomic E-state index is 0.0228. The fourth-order valence-corrected chi connectivity index (χ4v) is 4.10. The van der Waals surface area contributed by atoms with Crippen LogP contribution in [0.15, 0.2) is 16.6 Å². The third kappa shape index (κ3) is 3.00. The molecule has 4 heteroatoms. The van der Waals surface area contributed by atoms with E-state index in [-0.39, 0.29) is 10.8 Å². The summed E-state index contributed by atoms with van der Waals surface area (Å²) in [4.78, 5) is 0. The zero-order valence-electron chi connectivity index (χ0n) is 13.6. The Morgan fingerprint density at radius 3 is 2.45 bits per heavy atom. The van der Waals surface area contributed by atoms with E-state index in [1.807, 2.05) is 0 Å². The van der Waals surface area contributed by atoms with Gasteiger partial charge in [0.1, 0.15) is 0 Å². The summed E-state index contributed by atoms with van der Waals surface area (Å²) in [6.07, 6.45) is 6.18. The monoisotopic (exact) mass is 367 g/mol. The first kappa shape index (κ1) is 16.1. The van der Waals surface area contributed by atoms with Gasteiger partial charge in [0.25, 0.3) is 0 Å². The van der Waals surface area contributed by atoms with Gasteiger partial charge in [0.2, 0.25) is 0 Å². The zero-order chi connectivity index (χ0) is 15.8. The van der Waals surface area contributed by atoms with E-state index in [1.54, 1.807) is 0 Å². The van der Waals surface area contributed by atoms with Gasteiger partial charge >= 0.3 is 0 Å². The Kier molecular flexibility index (Phi) is 4.43. The number of rotatable bonds is 2. The van der Waals surface area contributed by atoms with Crippen LogP contribution in [0.3, 0.4) is 0 Å². The van der Waals surface area contributed by atoms with Crippen molar-refractivity contribution < 1.29 is 9.47 Å². The quantitative estimate of drug-likeness (QED) is 0.841. The van der Waals surface area contributed by atoms with Gasteiger partial charge in [-0.25, -0.2) is 0 Å². The lowest BCUT2D eigenvalue weighted by molar-refractivity contribution is 0.140. The van der Waals surface area contributed by atoms with Crippen LogP contribution in [0.2, 0.25) is 0 Å². The molecule has 0 unspecified atom stereocenters. The van der Waals surface area contributed by atoms with Crippen molar-refractivity contribution in [2.75, 3.05) is 19.8 Å². The Bertz CT molecular complexity index is 550. The van der Waals surface area contributed by atoms with E-state index in [9.17, 15) is 0 Å². The fourth-order valence-electron chi connectivity index (χ4n) is 3.54. The molecule has 0 radical (unpaired) electrons. The molecule has 122 valence electrons. The minimum Gasteiger partial charge on any atom is -0.489 e. The van der Waals surface area contributed by atoms with E-state index in [4.69, 9.17) is 15.2 Å². The molecule has 0 spiro atoms. The second kappa shape index (κ2) is 6.04. The number of fused-ring (bicyclic) bond motifs is 1. The summed E-state index contributed by atoms with van der Waals surface area (Å²) in [6.45, 7) is 6.36. The predicted molar refractivity (Wildman–Crippen MR) is 92.7 cm³/mol. The van der Waals surface area contributed by atoms with Crippen molar-refractivity contribution in [1.29, 1.82) is 0 Å². The fraction of sp³-hybridized carbons (Fsp3) is 0.667. The molecule has 0 bridgehead atoms. The van der Waals surface area contributed by atoms with Crippen LogP contribution in [0, 0.1) is 5.41 Å². The largest absolute Gasteiger partial charge is 0.489 e. The summed E-state index contributed by atoms with van der Waals surface area (Å²) in [5.74, 6) is 1.69. The Labute approximate surface area is 141 Å². The molecule has 3 nitrogen and oxygen atoms in total. The highest BCUT2D eigenvalue weighted by atomic mass is 79.9. The summed E-state index contributed by atoms with van der Waals surface area (Å²) < 4.78 is 13.1. The van der Waals surface area contributed by atoms with Crippen molar-refractivity contribution in [2.45, 2.75) is 51.4 Å². The number of halogens is 1. The van der Waals surface area contributed by atoms with E-state index < -0.39 is 0 Å². The van der Waals surface area contributed by atoms with Crippen molar-refractivity contribution in [3.8, 4) is 11.5 Å². The third-order valence-electron chi connectivity index (χ3n) is 5.05. The van der Waals surface area contributed by atoms with Crippen LogP contribution < -0.4 is 15.2 Å². The van der Waals surface area contributed by atoms with Gasteiger partial charge in [-0.1, -0.05) is 33.1 Å². The third-order valence-corrected chi connectivity index (χ3v) is 5.64. The smallest absolute Gasteiger partial charge is 0.175 e. The van der Waals surface area contributed by atoms with Crippen LogP contribution in [0.5, 0.6) is 11.5 Å². The first-order valence-electron chi connectivity index (χ1n) is 8.26. The number of nitrogens with two attached hydrogens (primary N) is 1. The molecule has 1 fully saturated rings. The summed E-state index contributed by atoms with van der Waals surface area (Å²) in [5, 5.41) is 0. The van der Waals surface area contributed by atoms with Crippen LogP contribution in [0.4, 0.5) is 0 Å². The first-order chi connectivity index (χ1) is 10.5. The Hall–Kier alpha value is -0.740. The Morgan fingerprint density at radius 1 is 1.09 bits per heavy atom. The molecule has 1 aliphatic carbocycles. The molecule has 0 amide bonds. The van der Waals surface area contributed by atoms with Gasteiger partial charge in [-0.15, -0.1) is 0 Å². The van der Waals surface area contributed by atoms with E-state index in [2.05, 4.69) is 41.9 Å². The molecule has 1 saturated carbocycles. The van der Waals surface area contributed by atoms with E-state index in [0.29, 0.717) is 19.8 Å². The van der Waals surface area contributed by atoms with Crippen molar-refractivity contribution >= 4 is 15.9 Å². The van der Waals surface area contributed by atoms with Crippen molar-refractivity contribution in [3.63, 3.8) is 0 Å². The molecule has 0 saturated heterocycles.